The Kier molecular flexibility index (Phi) is 8.51. The van der Waals surface area contributed by atoms with Crippen LogP contribution in [0.3, 0.4) is 0 Å². The molecule has 190 valence electrons. The maximum absolute atomic E-state index is 13.8. The number of halogens is 2. The standard InChI is InChI=1S/C28H30F2N2O4/c1-2-18-8-9-26-23(14-18)24(10-11-35-26)31-17-25(33)27(15-19-12-20(29)16-21(30)13-19)36-28(34)32-22-6-4-3-5-7-22/h3-9,12-14,16,24-25,27,31,33H,2,10-11,15,17H2,1H3,(H,32,34)/t24?,25-,27+/m1/s1. The lowest BCUT2D eigenvalue weighted by atomic mass is 9.96. The second-order valence-corrected chi connectivity index (χ2v) is 8.81. The Morgan fingerprint density at radius 3 is 2.56 bits per heavy atom. The van der Waals surface area contributed by atoms with Gasteiger partial charge < -0.3 is 19.9 Å². The molecular weight excluding hydrogens is 466 g/mol. The Morgan fingerprint density at radius 1 is 1.08 bits per heavy atom. The predicted octanol–water partition coefficient (Wildman–Crippen LogP) is 5.16. The van der Waals surface area contributed by atoms with Gasteiger partial charge in [-0.2, -0.15) is 0 Å². The Labute approximate surface area is 209 Å². The minimum Gasteiger partial charge on any atom is -0.493 e. The minimum atomic E-state index is -1.14. The topological polar surface area (TPSA) is 79.8 Å². The monoisotopic (exact) mass is 496 g/mol. The van der Waals surface area contributed by atoms with Crippen molar-refractivity contribution >= 4 is 11.8 Å². The molecule has 0 aromatic heterocycles. The van der Waals surface area contributed by atoms with Crippen LogP contribution in [0.5, 0.6) is 5.75 Å². The largest absolute Gasteiger partial charge is 0.493 e. The van der Waals surface area contributed by atoms with Gasteiger partial charge in [0.1, 0.15) is 29.6 Å². The highest BCUT2D eigenvalue weighted by Gasteiger charge is 2.27. The van der Waals surface area contributed by atoms with Crippen LogP contribution in [-0.4, -0.2) is 36.6 Å². The lowest BCUT2D eigenvalue weighted by Crippen LogP contribution is -2.42. The third-order valence-corrected chi connectivity index (χ3v) is 6.16. The maximum atomic E-state index is 13.8. The van der Waals surface area contributed by atoms with Gasteiger partial charge in [-0.15, -0.1) is 0 Å². The molecule has 0 fully saturated rings. The van der Waals surface area contributed by atoms with E-state index in [0.717, 1.165) is 35.9 Å². The summed E-state index contributed by atoms with van der Waals surface area (Å²) in [5.41, 5.74) is 2.99. The molecule has 0 spiro atoms. The third-order valence-electron chi connectivity index (χ3n) is 6.16. The SMILES string of the molecule is CCc1ccc2c(c1)C(NC[C@@H](O)[C@H](Cc1cc(F)cc(F)c1)OC(=O)Nc1ccccc1)CCO2. The molecule has 1 unspecified atom stereocenters. The molecule has 4 rings (SSSR count). The number of rotatable bonds is 9. The lowest BCUT2D eigenvalue weighted by Gasteiger charge is -2.30. The first kappa shape index (κ1) is 25.6. The van der Waals surface area contributed by atoms with Crippen molar-refractivity contribution < 1.29 is 28.2 Å². The van der Waals surface area contributed by atoms with Gasteiger partial charge >= 0.3 is 6.09 Å². The second-order valence-electron chi connectivity index (χ2n) is 8.81. The molecule has 3 aromatic carbocycles. The fourth-order valence-electron chi connectivity index (χ4n) is 4.29. The zero-order valence-electron chi connectivity index (χ0n) is 20.0. The van der Waals surface area contributed by atoms with E-state index in [2.05, 4.69) is 23.6 Å². The van der Waals surface area contributed by atoms with Crippen molar-refractivity contribution in [2.75, 3.05) is 18.5 Å². The van der Waals surface area contributed by atoms with Gasteiger partial charge in [0.15, 0.2) is 0 Å². The van der Waals surface area contributed by atoms with Crippen LogP contribution in [0.2, 0.25) is 0 Å². The fourth-order valence-corrected chi connectivity index (χ4v) is 4.29. The Hall–Kier alpha value is -3.49. The summed E-state index contributed by atoms with van der Waals surface area (Å²) >= 11 is 0. The van der Waals surface area contributed by atoms with Gasteiger partial charge in [-0.05, 0) is 47.9 Å². The highest BCUT2D eigenvalue weighted by Crippen LogP contribution is 2.33. The molecule has 0 saturated carbocycles. The van der Waals surface area contributed by atoms with Crippen LogP contribution >= 0.6 is 0 Å². The van der Waals surface area contributed by atoms with Crippen molar-refractivity contribution in [2.45, 2.75) is 44.4 Å². The van der Waals surface area contributed by atoms with E-state index in [9.17, 15) is 18.7 Å². The number of para-hydroxylation sites is 1. The lowest BCUT2D eigenvalue weighted by molar-refractivity contribution is 0.00735. The van der Waals surface area contributed by atoms with Gasteiger partial charge in [0.05, 0.1) is 6.61 Å². The summed E-state index contributed by atoms with van der Waals surface area (Å²) in [6.45, 7) is 2.71. The summed E-state index contributed by atoms with van der Waals surface area (Å²) in [6.07, 6.45) is -1.43. The molecule has 1 heterocycles. The number of hydrogen-bond acceptors (Lipinski definition) is 5. The minimum absolute atomic E-state index is 0.0553. The van der Waals surface area contributed by atoms with Gasteiger partial charge in [-0.1, -0.05) is 37.3 Å². The molecule has 3 atom stereocenters. The average Bonchev–Trinajstić information content (AvgIpc) is 2.86. The second kappa shape index (κ2) is 12.0. The van der Waals surface area contributed by atoms with Crippen LogP contribution in [0, 0.1) is 11.6 Å². The number of benzene rings is 3. The van der Waals surface area contributed by atoms with Gasteiger partial charge in [-0.3, -0.25) is 5.32 Å². The van der Waals surface area contributed by atoms with E-state index < -0.39 is 29.9 Å². The van der Waals surface area contributed by atoms with Crippen molar-refractivity contribution in [2.24, 2.45) is 0 Å². The molecule has 0 bridgehead atoms. The predicted molar refractivity (Wildman–Crippen MR) is 133 cm³/mol. The highest BCUT2D eigenvalue weighted by molar-refractivity contribution is 5.84. The number of fused-ring (bicyclic) bond motifs is 1. The summed E-state index contributed by atoms with van der Waals surface area (Å²) in [7, 11) is 0. The van der Waals surface area contributed by atoms with Crippen molar-refractivity contribution in [3.05, 3.63) is 95.1 Å². The van der Waals surface area contributed by atoms with Gasteiger partial charge in [0.25, 0.3) is 0 Å². The number of anilines is 1. The number of carbonyl (C=O) groups excluding carboxylic acids is 1. The molecule has 3 aromatic rings. The smallest absolute Gasteiger partial charge is 0.411 e. The molecular formula is C28H30F2N2O4. The number of aliphatic hydroxyl groups excluding tert-OH is 1. The van der Waals surface area contributed by atoms with E-state index in [1.165, 1.54) is 5.56 Å². The van der Waals surface area contributed by atoms with Crippen LogP contribution in [0.4, 0.5) is 19.3 Å². The summed E-state index contributed by atoms with van der Waals surface area (Å²) < 4.78 is 38.9. The number of amides is 1. The van der Waals surface area contributed by atoms with Crippen LogP contribution in [-0.2, 0) is 17.6 Å². The molecule has 1 aliphatic heterocycles. The number of carbonyl (C=O) groups is 1. The number of aryl methyl sites for hydroxylation is 1. The Bertz CT molecular complexity index is 1160. The Morgan fingerprint density at radius 2 is 1.83 bits per heavy atom. The van der Waals surface area contributed by atoms with Crippen molar-refractivity contribution in [3.8, 4) is 5.75 Å². The van der Waals surface area contributed by atoms with Crippen LogP contribution in [0.25, 0.3) is 0 Å². The number of nitrogens with one attached hydrogen (secondary N) is 2. The quantitative estimate of drug-likeness (QED) is 0.381. The van der Waals surface area contributed by atoms with Crippen molar-refractivity contribution in [1.29, 1.82) is 0 Å². The molecule has 6 nitrogen and oxygen atoms in total. The van der Waals surface area contributed by atoms with Crippen molar-refractivity contribution in [1.82, 2.24) is 5.32 Å². The van der Waals surface area contributed by atoms with Crippen LogP contribution in [0.15, 0.2) is 66.7 Å². The van der Waals surface area contributed by atoms with E-state index in [1.807, 2.05) is 18.2 Å². The summed E-state index contributed by atoms with van der Waals surface area (Å²) in [5.74, 6) is -0.679. The summed E-state index contributed by atoms with van der Waals surface area (Å²) in [6, 6.07) is 17.8. The first-order valence-electron chi connectivity index (χ1n) is 12.1. The van der Waals surface area contributed by atoms with Gasteiger partial charge in [0, 0.05) is 42.7 Å². The number of ether oxygens (including phenoxy) is 2. The zero-order valence-corrected chi connectivity index (χ0v) is 20.0. The third kappa shape index (κ3) is 6.80. The molecule has 3 N–H and O–H groups in total. The normalized spacial score (nSPS) is 16.4. The fraction of sp³-hybridized carbons (Fsp3) is 0.321. The van der Waals surface area contributed by atoms with E-state index >= 15 is 0 Å². The number of aliphatic hydroxyl groups is 1. The van der Waals surface area contributed by atoms with E-state index in [-0.39, 0.29) is 24.6 Å². The number of hydrogen-bond donors (Lipinski definition) is 3. The summed E-state index contributed by atoms with van der Waals surface area (Å²) in [5, 5.41) is 17.0. The van der Waals surface area contributed by atoms with Crippen LogP contribution < -0.4 is 15.4 Å². The van der Waals surface area contributed by atoms with E-state index in [4.69, 9.17) is 9.47 Å². The summed E-state index contributed by atoms with van der Waals surface area (Å²) in [4.78, 5) is 12.6. The van der Waals surface area contributed by atoms with Crippen LogP contribution in [0.1, 0.15) is 36.1 Å². The molecule has 36 heavy (non-hydrogen) atoms. The van der Waals surface area contributed by atoms with Crippen molar-refractivity contribution in [3.63, 3.8) is 0 Å². The average molecular weight is 497 g/mol. The highest BCUT2D eigenvalue weighted by atomic mass is 19.1. The molecule has 1 aliphatic rings. The van der Waals surface area contributed by atoms with Gasteiger partial charge in [-0.25, -0.2) is 13.6 Å². The van der Waals surface area contributed by atoms with E-state index in [0.29, 0.717) is 18.7 Å². The molecule has 1 amide bonds. The first-order valence-corrected chi connectivity index (χ1v) is 12.1. The molecule has 0 aliphatic carbocycles. The zero-order chi connectivity index (χ0) is 25.5. The van der Waals surface area contributed by atoms with E-state index in [1.54, 1.807) is 24.3 Å². The molecule has 0 radical (unpaired) electrons. The molecule has 0 saturated heterocycles. The molecule has 8 heteroatoms. The first-order chi connectivity index (χ1) is 17.4. The Balaban J connectivity index is 1.47. The maximum Gasteiger partial charge on any atom is 0.411 e. The van der Waals surface area contributed by atoms with Gasteiger partial charge in [0.2, 0.25) is 0 Å².